The predicted molar refractivity (Wildman–Crippen MR) is 105 cm³/mol. The Morgan fingerprint density at radius 2 is 1.70 bits per heavy atom. The minimum atomic E-state index is -3.85. The van der Waals surface area contributed by atoms with E-state index in [4.69, 9.17) is 0 Å². The lowest BCUT2D eigenvalue weighted by molar-refractivity contribution is 0.0596. The third kappa shape index (κ3) is 5.63. The zero-order valence-electron chi connectivity index (χ0n) is 15.9. The number of ether oxygens (including phenoxy) is 1. The van der Waals surface area contributed by atoms with E-state index in [-0.39, 0.29) is 17.0 Å². The van der Waals surface area contributed by atoms with Gasteiger partial charge >= 0.3 is 5.97 Å². The minimum absolute atomic E-state index is 0.0165. The maximum Gasteiger partial charge on any atom is 0.339 e. The fraction of sp³-hybridized carbons (Fsp3) is 0.350. The number of hydrogen-bond donors (Lipinski definition) is 1. The lowest BCUT2D eigenvalue weighted by Gasteiger charge is -2.18. The largest absolute Gasteiger partial charge is 0.465 e. The van der Waals surface area contributed by atoms with E-state index in [0.29, 0.717) is 0 Å². The molecule has 1 N–H and O–H groups in total. The van der Waals surface area contributed by atoms with E-state index in [1.54, 1.807) is 12.1 Å². The molecule has 0 fully saturated rings. The van der Waals surface area contributed by atoms with Crippen molar-refractivity contribution in [2.24, 2.45) is 0 Å². The normalized spacial score (nSPS) is 11.6. The van der Waals surface area contributed by atoms with E-state index in [1.807, 2.05) is 24.3 Å². The highest BCUT2D eigenvalue weighted by Gasteiger charge is 2.22. The number of rotatable bonds is 9. The van der Waals surface area contributed by atoms with Gasteiger partial charge in [-0.1, -0.05) is 50.2 Å². The monoisotopic (exact) mass is 390 g/mol. The van der Waals surface area contributed by atoms with Crippen molar-refractivity contribution >= 4 is 16.0 Å². The van der Waals surface area contributed by atoms with E-state index >= 15 is 0 Å². The Labute approximate surface area is 161 Å². The number of nitrogens with one attached hydrogen (secondary N) is 1. The summed E-state index contributed by atoms with van der Waals surface area (Å²) >= 11 is 0. The van der Waals surface area contributed by atoms with Crippen LogP contribution in [0.3, 0.4) is 0 Å². The summed E-state index contributed by atoms with van der Waals surface area (Å²) in [7, 11) is -2.63. The van der Waals surface area contributed by atoms with Crippen molar-refractivity contribution in [2.75, 3.05) is 20.2 Å². The summed E-state index contributed by atoms with van der Waals surface area (Å²) in [5, 5.41) is 0. The molecule has 0 spiro atoms. The maximum absolute atomic E-state index is 12.7. The molecule has 0 amide bonds. The molecule has 146 valence electrons. The average Bonchev–Trinajstić information content (AvgIpc) is 2.70. The van der Waals surface area contributed by atoms with E-state index in [2.05, 4.69) is 28.2 Å². The van der Waals surface area contributed by atoms with Gasteiger partial charge in [0.1, 0.15) is 0 Å². The fourth-order valence-corrected chi connectivity index (χ4v) is 3.99. The molecule has 2 rings (SSSR count). The number of esters is 1. The summed E-state index contributed by atoms with van der Waals surface area (Å²) in [6, 6.07) is 13.8. The third-order valence-corrected chi connectivity index (χ3v) is 5.80. The molecule has 0 heterocycles. The average molecular weight is 391 g/mol. The van der Waals surface area contributed by atoms with Gasteiger partial charge in [-0.15, -0.1) is 0 Å². The zero-order chi connectivity index (χ0) is 19.9. The van der Waals surface area contributed by atoms with Crippen LogP contribution in [0.1, 0.15) is 35.3 Å². The smallest absolute Gasteiger partial charge is 0.339 e. The highest BCUT2D eigenvalue weighted by atomic mass is 32.2. The molecule has 0 aliphatic carbocycles. The Balaban J connectivity index is 2.16. The molecule has 0 unspecified atom stereocenters. The van der Waals surface area contributed by atoms with Crippen LogP contribution < -0.4 is 4.72 Å². The Hall–Kier alpha value is -2.22. The van der Waals surface area contributed by atoms with Crippen molar-refractivity contribution in [3.05, 3.63) is 65.2 Å². The molecule has 27 heavy (non-hydrogen) atoms. The number of hydrogen-bond acceptors (Lipinski definition) is 5. The van der Waals surface area contributed by atoms with E-state index < -0.39 is 16.0 Å². The first-order valence-electron chi connectivity index (χ1n) is 8.88. The summed E-state index contributed by atoms with van der Waals surface area (Å²) in [4.78, 5) is 14.0. The second kappa shape index (κ2) is 9.64. The Kier molecular flexibility index (Phi) is 7.53. The number of nitrogens with zero attached hydrogens (tertiary/aromatic N) is 1. The SMILES string of the molecule is CCN(CC)Cc1cccc(CNS(=O)(=O)c2ccccc2C(=O)OC)c1. The molecule has 0 bridgehead atoms. The van der Waals surface area contributed by atoms with Crippen LogP contribution in [0.4, 0.5) is 0 Å². The van der Waals surface area contributed by atoms with Gasteiger partial charge in [-0.2, -0.15) is 0 Å². The van der Waals surface area contributed by atoms with Crippen LogP contribution in [0.2, 0.25) is 0 Å². The summed E-state index contributed by atoms with van der Waals surface area (Å²) in [6.45, 7) is 7.10. The Morgan fingerprint density at radius 3 is 2.37 bits per heavy atom. The van der Waals surface area contributed by atoms with Gasteiger partial charge < -0.3 is 4.74 Å². The van der Waals surface area contributed by atoms with Gasteiger partial charge in [-0.05, 0) is 36.3 Å². The number of benzene rings is 2. The molecule has 0 aromatic heterocycles. The highest BCUT2D eigenvalue weighted by Crippen LogP contribution is 2.17. The minimum Gasteiger partial charge on any atom is -0.465 e. The van der Waals surface area contributed by atoms with Gasteiger partial charge in [0.15, 0.2) is 0 Å². The van der Waals surface area contributed by atoms with Crippen molar-refractivity contribution in [2.45, 2.75) is 31.8 Å². The maximum atomic E-state index is 12.7. The first-order chi connectivity index (χ1) is 12.9. The van der Waals surface area contributed by atoms with Gasteiger partial charge in [0.05, 0.1) is 17.6 Å². The van der Waals surface area contributed by atoms with Crippen molar-refractivity contribution in [1.82, 2.24) is 9.62 Å². The van der Waals surface area contributed by atoms with Crippen LogP contribution in [0, 0.1) is 0 Å². The van der Waals surface area contributed by atoms with Gasteiger partial charge in [0.25, 0.3) is 0 Å². The Morgan fingerprint density at radius 1 is 1.04 bits per heavy atom. The molecule has 0 saturated carbocycles. The van der Waals surface area contributed by atoms with Crippen molar-refractivity contribution < 1.29 is 17.9 Å². The molecule has 2 aromatic rings. The van der Waals surface area contributed by atoms with Crippen molar-refractivity contribution in [3.8, 4) is 0 Å². The van der Waals surface area contributed by atoms with Gasteiger partial charge in [-0.3, -0.25) is 4.90 Å². The van der Waals surface area contributed by atoms with E-state index in [1.165, 1.54) is 19.2 Å². The second-order valence-electron chi connectivity index (χ2n) is 6.09. The lowest BCUT2D eigenvalue weighted by Crippen LogP contribution is -2.25. The van der Waals surface area contributed by atoms with E-state index in [0.717, 1.165) is 30.8 Å². The number of sulfonamides is 1. The predicted octanol–water partition coefficient (Wildman–Crippen LogP) is 2.79. The molecule has 0 radical (unpaired) electrons. The third-order valence-electron chi connectivity index (χ3n) is 4.34. The van der Waals surface area contributed by atoms with Crippen LogP contribution in [0.25, 0.3) is 0 Å². The van der Waals surface area contributed by atoms with Gasteiger partial charge in [0.2, 0.25) is 10.0 Å². The molecular formula is C20H26N2O4S. The molecule has 0 aliphatic heterocycles. The first-order valence-corrected chi connectivity index (χ1v) is 10.4. The van der Waals surface area contributed by atoms with Crippen LogP contribution in [-0.2, 0) is 27.8 Å². The Bertz CT molecular complexity index is 877. The van der Waals surface area contributed by atoms with Crippen molar-refractivity contribution in [1.29, 1.82) is 0 Å². The van der Waals surface area contributed by atoms with Gasteiger partial charge in [-0.25, -0.2) is 17.9 Å². The summed E-state index contributed by atoms with van der Waals surface area (Å²) < 4.78 is 32.6. The summed E-state index contributed by atoms with van der Waals surface area (Å²) in [5.74, 6) is -0.683. The van der Waals surface area contributed by atoms with Gasteiger partial charge in [0, 0.05) is 13.1 Å². The standard InChI is InChI=1S/C20H26N2O4S/c1-4-22(5-2)15-17-10-8-9-16(13-17)14-21-27(24,25)19-12-7-6-11-18(19)20(23)26-3/h6-13,21H,4-5,14-15H2,1-3H3. The number of methoxy groups -OCH3 is 1. The number of carbonyl (C=O) groups is 1. The van der Waals surface area contributed by atoms with Crippen LogP contribution >= 0.6 is 0 Å². The van der Waals surface area contributed by atoms with Crippen LogP contribution in [0.15, 0.2) is 53.4 Å². The molecule has 2 aromatic carbocycles. The molecule has 0 atom stereocenters. The number of carbonyl (C=O) groups excluding carboxylic acids is 1. The highest BCUT2D eigenvalue weighted by molar-refractivity contribution is 7.89. The topological polar surface area (TPSA) is 75.7 Å². The lowest BCUT2D eigenvalue weighted by atomic mass is 10.1. The van der Waals surface area contributed by atoms with Crippen LogP contribution in [-0.4, -0.2) is 39.5 Å². The van der Waals surface area contributed by atoms with E-state index in [9.17, 15) is 13.2 Å². The summed E-state index contributed by atoms with van der Waals surface area (Å²) in [6.07, 6.45) is 0. The molecule has 0 aliphatic rings. The zero-order valence-corrected chi connectivity index (χ0v) is 16.8. The van der Waals surface area contributed by atoms with Crippen molar-refractivity contribution in [3.63, 3.8) is 0 Å². The molecule has 7 heteroatoms. The summed E-state index contributed by atoms with van der Waals surface area (Å²) in [5.41, 5.74) is 2.01. The molecular weight excluding hydrogens is 364 g/mol. The van der Waals surface area contributed by atoms with Crippen LogP contribution in [0.5, 0.6) is 0 Å². The second-order valence-corrected chi connectivity index (χ2v) is 7.83. The fourth-order valence-electron chi connectivity index (χ4n) is 2.78. The quantitative estimate of drug-likeness (QED) is 0.667. The molecule has 6 nitrogen and oxygen atoms in total. The molecule has 0 saturated heterocycles. The first kappa shape index (κ1) is 21.1.